The van der Waals surface area contributed by atoms with Crippen LogP contribution in [0.5, 0.6) is 0 Å². The number of amides is 1. The van der Waals surface area contributed by atoms with Gasteiger partial charge in [-0.3, -0.25) is 9.79 Å². The number of carbonyl (C=O) groups excluding carboxylic acids is 1. The van der Waals surface area contributed by atoms with Crippen LogP contribution < -0.4 is 16.0 Å². The van der Waals surface area contributed by atoms with E-state index in [0.717, 1.165) is 5.96 Å². The zero-order valence-electron chi connectivity index (χ0n) is 13.6. The van der Waals surface area contributed by atoms with E-state index in [1.165, 1.54) is 32.1 Å². The highest BCUT2D eigenvalue weighted by atomic mass is 35.5. The first-order valence-electron chi connectivity index (χ1n) is 8.20. The summed E-state index contributed by atoms with van der Waals surface area (Å²) in [5, 5.41) is 9.99. The van der Waals surface area contributed by atoms with E-state index < -0.39 is 0 Å². The number of guanidine groups is 1. The third kappa shape index (κ3) is 5.75. The van der Waals surface area contributed by atoms with Crippen molar-refractivity contribution in [2.75, 3.05) is 20.1 Å². The molecule has 0 bridgehead atoms. The number of hydrogen-bond acceptors (Lipinski definition) is 2. The predicted molar refractivity (Wildman–Crippen MR) is 95.2 cm³/mol. The van der Waals surface area contributed by atoms with Crippen LogP contribution in [0.1, 0.15) is 42.5 Å². The molecule has 1 amide bonds. The first kappa shape index (κ1) is 17.6. The minimum Gasteiger partial charge on any atom is -0.355 e. The molecule has 3 N–H and O–H groups in total. The van der Waals surface area contributed by atoms with Crippen LogP contribution in [-0.4, -0.2) is 38.0 Å². The maximum Gasteiger partial charge on any atom is 0.252 e. The Kier molecular flexibility index (Phi) is 7.20. The fourth-order valence-electron chi connectivity index (χ4n) is 2.73. The number of benzene rings is 1. The van der Waals surface area contributed by atoms with E-state index in [0.29, 0.717) is 29.7 Å². The van der Waals surface area contributed by atoms with Crippen molar-refractivity contribution in [3.63, 3.8) is 0 Å². The maximum atomic E-state index is 12.0. The normalized spacial score (nSPS) is 16.0. The molecule has 1 aromatic carbocycles. The standard InChI is InChI=1S/C17H25ClN4O/c1-19-17(22-13-7-3-2-4-8-13)21-12-11-20-16(23)14-9-5-6-10-15(14)18/h5-6,9-10,13H,2-4,7-8,11-12H2,1H3,(H,20,23)(H2,19,21,22). The second-order valence-electron chi connectivity index (χ2n) is 5.71. The van der Waals surface area contributed by atoms with Gasteiger partial charge in [0.25, 0.3) is 5.91 Å². The van der Waals surface area contributed by atoms with E-state index in [1.54, 1.807) is 25.2 Å². The van der Waals surface area contributed by atoms with Gasteiger partial charge in [-0.15, -0.1) is 0 Å². The largest absolute Gasteiger partial charge is 0.355 e. The van der Waals surface area contributed by atoms with E-state index in [4.69, 9.17) is 11.6 Å². The Bertz CT molecular complexity index is 541. The van der Waals surface area contributed by atoms with Crippen molar-refractivity contribution in [1.29, 1.82) is 0 Å². The first-order valence-corrected chi connectivity index (χ1v) is 8.58. The summed E-state index contributed by atoms with van der Waals surface area (Å²) in [4.78, 5) is 16.3. The molecule has 0 radical (unpaired) electrons. The number of rotatable bonds is 5. The third-order valence-electron chi connectivity index (χ3n) is 3.99. The molecule has 1 aliphatic rings. The summed E-state index contributed by atoms with van der Waals surface area (Å²) in [5.74, 6) is 0.636. The molecular formula is C17H25ClN4O. The Balaban J connectivity index is 1.69. The molecule has 126 valence electrons. The fourth-order valence-corrected chi connectivity index (χ4v) is 2.95. The third-order valence-corrected chi connectivity index (χ3v) is 4.32. The molecule has 0 aliphatic heterocycles. The molecule has 0 spiro atoms. The van der Waals surface area contributed by atoms with Gasteiger partial charge in [0.2, 0.25) is 0 Å². The Labute approximate surface area is 142 Å². The van der Waals surface area contributed by atoms with Crippen LogP contribution in [-0.2, 0) is 0 Å². The number of nitrogens with zero attached hydrogens (tertiary/aromatic N) is 1. The van der Waals surface area contributed by atoms with Gasteiger partial charge in [0, 0.05) is 26.2 Å². The number of aliphatic imine (C=N–C) groups is 1. The average molecular weight is 337 g/mol. The summed E-state index contributed by atoms with van der Waals surface area (Å²) in [6.07, 6.45) is 6.29. The molecule has 0 atom stereocenters. The second kappa shape index (κ2) is 9.40. The van der Waals surface area contributed by atoms with E-state index >= 15 is 0 Å². The lowest BCUT2D eigenvalue weighted by molar-refractivity contribution is 0.0954. The maximum absolute atomic E-state index is 12.0. The van der Waals surface area contributed by atoms with Crippen molar-refractivity contribution >= 4 is 23.5 Å². The van der Waals surface area contributed by atoms with Crippen LogP contribution in [0, 0.1) is 0 Å². The van der Waals surface area contributed by atoms with Gasteiger partial charge in [-0.05, 0) is 25.0 Å². The summed E-state index contributed by atoms with van der Waals surface area (Å²) >= 11 is 6.01. The minimum absolute atomic E-state index is 0.160. The number of halogens is 1. The van der Waals surface area contributed by atoms with Gasteiger partial charge >= 0.3 is 0 Å². The van der Waals surface area contributed by atoms with Crippen molar-refractivity contribution in [2.24, 2.45) is 4.99 Å². The van der Waals surface area contributed by atoms with Gasteiger partial charge in [-0.1, -0.05) is 43.0 Å². The van der Waals surface area contributed by atoms with E-state index in [-0.39, 0.29) is 5.91 Å². The van der Waals surface area contributed by atoms with Crippen LogP contribution in [0.4, 0.5) is 0 Å². The van der Waals surface area contributed by atoms with Crippen LogP contribution in [0.15, 0.2) is 29.3 Å². The molecule has 2 rings (SSSR count). The van der Waals surface area contributed by atoms with Crippen molar-refractivity contribution in [3.05, 3.63) is 34.9 Å². The lowest BCUT2D eigenvalue weighted by Crippen LogP contribution is -2.46. The highest BCUT2D eigenvalue weighted by Gasteiger charge is 2.14. The first-order chi connectivity index (χ1) is 11.2. The molecule has 0 heterocycles. The lowest BCUT2D eigenvalue weighted by Gasteiger charge is -2.24. The molecule has 5 nitrogen and oxygen atoms in total. The quantitative estimate of drug-likeness (QED) is 0.440. The highest BCUT2D eigenvalue weighted by molar-refractivity contribution is 6.33. The summed E-state index contributed by atoms with van der Waals surface area (Å²) in [6, 6.07) is 7.54. The Morgan fingerprint density at radius 1 is 1.17 bits per heavy atom. The fraction of sp³-hybridized carbons (Fsp3) is 0.529. The predicted octanol–water partition coefficient (Wildman–Crippen LogP) is 2.57. The highest BCUT2D eigenvalue weighted by Crippen LogP contribution is 2.17. The van der Waals surface area contributed by atoms with Gasteiger partial charge in [0.05, 0.1) is 10.6 Å². The molecular weight excluding hydrogens is 312 g/mol. The number of nitrogens with one attached hydrogen (secondary N) is 3. The molecule has 6 heteroatoms. The molecule has 0 unspecified atom stereocenters. The van der Waals surface area contributed by atoms with Gasteiger partial charge in [0.1, 0.15) is 0 Å². The van der Waals surface area contributed by atoms with Crippen molar-refractivity contribution in [3.8, 4) is 0 Å². The molecule has 0 aromatic heterocycles. The summed E-state index contributed by atoms with van der Waals surface area (Å²) in [6.45, 7) is 1.12. The van der Waals surface area contributed by atoms with Crippen LogP contribution in [0.2, 0.25) is 5.02 Å². The molecule has 0 saturated heterocycles. The zero-order valence-corrected chi connectivity index (χ0v) is 14.3. The van der Waals surface area contributed by atoms with Gasteiger partial charge in [0.15, 0.2) is 5.96 Å². The van der Waals surface area contributed by atoms with Gasteiger partial charge in [-0.2, -0.15) is 0 Å². The van der Waals surface area contributed by atoms with E-state index in [2.05, 4.69) is 20.9 Å². The summed E-state index contributed by atoms with van der Waals surface area (Å²) in [7, 11) is 1.76. The zero-order chi connectivity index (χ0) is 16.5. The molecule has 1 fully saturated rings. The molecule has 1 aromatic rings. The Morgan fingerprint density at radius 2 is 1.87 bits per heavy atom. The smallest absolute Gasteiger partial charge is 0.252 e. The monoisotopic (exact) mass is 336 g/mol. The Morgan fingerprint density at radius 3 is 2.57 bits per heavy atom. The number of carbonyl (C=O) groups is 1. The number of hydrogen-bond donors (Lipinski definition) is 3. The van der Waals surface area contributed by atoms with Gasteiger partial charge in [-0.25, -0.2) is 0 Å². The van der Waals surface area contributed by atoms with Crippen molar-refractivity contribution in [2.45, 2.75) is 38.1 Å². The van der Waals surface area contributed by atoms with Gasteiger partial charge < -0.3 is 16.0 Å². The second-order valence-corrected chi connectivity index (χ2v) is 6.12. The molecule has 23 heavy (non-hydrogen) atoms. The topological polar surface area (TPSA) is 65.5 Å². The van der Waals surface area contributed by atoms with Crippen LogP contribution in [0.3, 0.4) is 0 Å². The molecule has 1 saturated carbocycles. The van der Waals surface area contributed by atoms with Crippen molar-refractivity contribution < 1.29 is 4.79 Å². The average Bonchev–Trinajstić information content (AvgIpc) is 2.58. The lowest BCUT2D eigenvalue weighted by atomic mass is 9.96. The Hall–Kier alpha value is -1.75. The van der Waals surface area contributed by atoms with Crippen LogP contribution in [0.25, 0.3) is 0 Å². The van der Waals surface area contributed by atoms with Crippen LogP contribution >= 0.6 is 11.6 Å². The summed E-state index contributed by atoms with van der Waals surface area (Å²) < 4.78 is 0. The SMILES string of the molecule is CN=C(NCCNC(=O)c1ccccc1Cl)NC1CCCCC1. The van der Waals surface area contributed by atoms with E-state index in [9.17, 15) is 4.79 Å². The van der Waals surface area contributed by atoms with E-state index in [1.807, 2.05) is 6.07 Å². The minimum atomic E-state index is -0.160. The summed E-state index contributed by atoms with van der Waals surface area (Å²) in [5.41, 5.74) is 0.499. The molecule has 1 aliphatic carbocycles. The van der Waals surface area contributed by atoms with Crippen molar-refractivity contribution in [1.82, 2.24) is 16.0 Å².